The summed E-state index contributed by atoms with van der Waals surface area (Å²) in [6.07, 6.45) is 0. The van der Waals surface area contributed by atoms with Crippen molar-refractivity contribution in [3.63, 3.8) is 0 Å². The third-order valence-corrected chi connectivity index (χ3v) is 3.44. The van der Waals surface area contributed by atoms with Crippen molar-refractivity contribution in [2.75, 3.05) is 0 Å². The zero-order valence-corrected chi connectivity index (χ0v) is 11.5. The largest absolute Gasteiger partial charge is 0.288 e. The molecular formula is C14H15ClOS. The molecule has 1 aromatic carbocycles. The van der Waals surface area contributed by atoms with Gasteiger partial charge in [-0.25, -0.2) is 0 Å². The summed E-state index contributed by atoms with van der Waals surface area (Å²) >= 11 is 1.50. The highest BCUT2D eigenvalue weighted by molar-refractivity contribution is 7.12. The molecular weight excluding hydrogens is 252 g/mol. The number of carbonyl (C=O) groups is 1. The summed E-state index contributed by atoms with van der Waals surface area (Å²) in [6, 6.07) is 11.6. The number of thiophene rings is 1. The van der Waals surface area contributed by atoms with Gasteiger partial charge in [0.25, 0.3) is 0 Å². The molecule has 0 amide bonds. The molecule has 0 aliphatic rings. The Labute approximate surface area is 112 Å². The van der Waals surface area contributed by atoms with Crippen LogP contribution in [0.2, 0.25) is 0 Å². The van der Waals surface area contributed by atoms with Crippen LogP contribution in [0, 0.1) is 0 Å². The van der Waals surface area contributed by atoms with Crippen molar-refractivity contribution >= 4 is 29.5 Å². The van der Waals surface area contributed by atoms with Gasteiger partial charge in [0.15, 0.2) is 0 Å². The molecule has 0 radical (unpaired) electrons. The average Bonchev–Trinajstić information content (AvgIpc) is 2.81. The molecule has 0 N–H and O–H groups in total. The smallest absolute Gasteiger partial charge is 0.203 e. The SMILES string of the molecule is CC(C)c1ccccc1C(=O)c1cccs1.Cl. The van der Waals surface area contributed by atoms with E-state index in [0.29, 0.717) is 5.92 Å². The van der Waals surface area contributed by atoms with E-state index in [9.17, 15) is 4.79 Å². The summed E-state index contributed by atoms with van der Waals surface area (Å²) in [5.41, 5.74) is 1.96. The first kappa shape index (κ1) is 13.9. The second kappa shape index (κ2) is 5.99. The van der Waals surface area contributed by atoms with Crippen LogP contribution >= 0.6 is 23.7 Å². The monoisotopic (exact) mass is 266 g/mol. The summed E-state index contributed by atoms with van der Waals surface area (Å²) in [5, 5.41) is 1.94. The molecule has 90 valence electrons. The van der Waals surface area contributed by atoms with Gasteiger partial charge in [-0.1, -0.05) is 44.2 Å². The van der Waals surface area contributed by atoms with E-state index in [1.54, 1.807) is 0 Å². The van der Waals surface area contributed by atoms with Crippen LogP contribution < -0.4 is 0 Å². The van der Waals surface area contributed by atoms with E-state index in [-0.39, 0.29) is 18.2 Å². The second-order valence-corrected chi connectivity index (χ2v) is 5.00. The van der Waals surface area contributed by atoms with E-state index >= 15 is 0 Å². The van der Waals surface area contributed by atoms with Gasteiger partial charge in [0, 0.05) is 5.56 Å². The summed E-state index contributed by atoms with van der Waals surface area (Å²) in [5.74, 6) is 0.513. The van der Waals surface area contributed by atoms with Crippen LogP contribution in [0.3, 0.4) is 0 Å². The first-order valence-electron chi connectivity index (χ1n) is 5.37. The summed E-state index contributed by atoms with van der Waals surface area (Å²) < 4.78 is 0. The maximum atomic E-state index is 12.2. The van der Waals surface area contributed by atoms with Crippen LogP contribution in [-0.2, 0) is 0 Å². The molecule has 1 nitrogen and oxygen atoms in total. The molecule has 0 spiro atoms. The molecule has 17 heavy (non-hydrogen) atoms. The fourth-order valence-corrected chi connectivity index (χ4v) is 2.43. The highest BCUT2D eigenvalue weighted by atomic mass is 35.5. The van der Waals surface area contributed by atoms with E-state index in [1.165, 1.54) is 11.3 Å². The number of hydrogen-bond acceptors (Lipinski definition) is 2. The normalized spacial score (nSPS) is 10.1. The van der Waals surface area contributed by atoms with Crippen molar-refractivity contribution in [1.82, 2.24) is 0 Å². The van der Waals surface area contributed by atoms with E-state index in [1.807, 2.05) is 41.8 Å². The number of ketones is 1. The Hall–Kier alpha value is -1.12. The summed E-state index contributed by atoms with van der Waals surface area (Å²) in [6.45, 7) is 4.22. The van der Waals surface area contributed by atoms with Crippen molar-refractivity contribution in [2.24, 2.45) is 0 Å². The molecule has 2 rings (SSSR count). The maximum absolute atomic E-state index is 12.2. The van der Waals surface area contributed by atoms with Gasteiger partial charge < -0.3 is 0 Å². The number of benzene rings is 1. The van der Waals surface area contributed by atoms with Crippen molar-refractivity contribution in [3.05, 3.63) is 57.8 Å². The van der Waals surface area contributed by atoms with Gasteiger partial charge in [-0.15, -0.1) is 23.7 Å². The minimum Gasteiger partial charge on any atom is -0.288 e. The minimum atomic E-state index is 0. The van der Waals surface area contributed by atoms with Gasteiger partial charge in [0.1, 0.15) is 0 Å². The minimum absolute atomic E-state index is 0. The molecule has 0 saturated heterocycles. The summed E-state index contributed by atoms with van der Waals surface area (Å²) in [7, 11) is 0. The fourth-order valence-electron chi connectivity index (χ4n) is 1.75. The van der Waals surface area contributed by atoms with E-state index in [0.717, 1.165) is 16.0 Å². The molecule has 0 saturated carbocycles. The maximum Gasteiger partial charge on any atom is 0.203 e. The molecule has 3 heteroatoms. The Morgan fingerprint density at radius 3 is 2.41 bits per heavy atom. The van der Waals surface area contributed by atoms with Crippen molar-refractivity contribution in [2.45, 2.75) is 19.8 Å². The highest BCUT2D eigenvalue weighted by Gasteiger charge is 2.15. The number of carbonyl (C=O) groups excluding carboxylic acids is 1. The van der Waals surface area contributed by atoms with Gasteiger partial charge in [-0.3, -0.25) is 4.79 Å². The van der Waals surface area contributed by atoms with E-state index in [4.69, 9.17) is 0 Å². The predicted octanol–water partition coefficient (Wildman–Crippen LogP) is 4.52. The molecule has 2 aromatic rings. The van der Waals surface area contributed by atoms with Gasteiger partial charge in [0.05, 0.1) is 4.88 Å². The van der Waals surface area contributed by atoms with Gasteiger partial charge in [-0.2, -0.15) is 0 Å². The average molecular weight is 267 g/mol. The third-order valence-electron chi connectivity index (χ3n) is 2.57. The van der Waals surface area contributed by atoms with Crippen LogP contribution in [0.1, 0.15) is 40.6 Å². The van der Waals surface area contributed by atoms with Gasteiger partial charge >= 0.3 is 0 Å². The number of rotatable bonds is 3. The zero-order chi connectivity index (χ0) is 11.5. The summed E-state index contributed by atoms with van der Waals surface area (Å²) in [4.78, 5) is 13.1. The standard InChI is InChI=1S/C14H14OS.ClH/c1-10(2)11-6-3-4-7-12(11)14(15)13-8-5-9-16-13;/h3-10H,1-2H3;1H. The van der Waals surface area contributed by atoms with Crippen molar-refractivity contribution in [1.29, 1.82) is 0 Å². The van der Waals surface area contributed by atoms with Crippen LogP contribution in [0.15, 0.2) is 41.8 Å². The van der Waals surface area contributed by atoms with Crippen LogP contribution in [0.5, 0.6) is 0 Å². The highest BCUT2D eigenvalue weighted by Crippen LogP contribution is 2.23. The molecule has 0 aliphatic carbocycles. The molecule has 0 bridgehead atoms. The zero-order valence-electron chi connectivity index (χ0n) is 9.84. The predicted molar refractivity (Wildman–Crippen MR) is 75.5 cm³/mol. The quantitative estimate of drug-likeness (QED) is 0.747. The topological polar surface area (TPSA) is 17.1 Å². The van der Waals surface area contributed by atoms with Gasteiger partial charge in [-0.05, 0) is 22.9 Å². The lowest BCUT2D eigenvalue weighted by molar-refractivity contribution is 0.104. The van der Waals surface area contributed by atoms with E-state index in [2.05, 4.69) is 13.8 Å². The molecule has 0 fully saturated rings. The molecule has 0 unspecified atom stereocenters. The Morgan fingerprint density at radius 1 is 1.12 bits per heavy atom. The number of hydrogen-bond donors (Lipinski definition) is 0. The van der Waals surface area contributed by atoms with Gasteiger partial charge in [0.2, 0.25) is 5.78 Å². The van der Waals surface area contributed by atoms with E-state index < -0.39 is 0 Å². The number of halogens is 1. The van der Waals surface area contributed by atoms with Crippen molar-refractivity contribution in [3.8, 4) is 0 Å². The lowest BCUT2D eigenvalue weighted by Gasteiger charge is -2.10. The Bertz CT molecular complexity index is 489. The molecule has 0 aliphatic heterocycles. The first-order chi connectivity index (χ1) is 7.70. The van der Waals surface area contributed by atoms with Crippen LogP contribution in [0.4, 0.5) is 0 Å². The second-order valence-electron chi connectivity index (χ2n) is 4.05. The first-order valence-corrected chi connectivity index (χ1v) is 6.25. The Kier molecular flexibility index (Phi) is 4.91. The third kappa shape index (κ3) is 2.96. The fraction of sp³-hybridized carbons (Fsp3) is 0.214. The van der Waals surface area contributed by atoms with Crippen LogP contribution in [0.25, 0.3) is 0 Å². The Morgan fingerprint density at radius 2 is 1.82 bits per heavy atom. The lowest BCUT2D eigenvalue weighted by atomic mass is 9.94. The Balaban J connectivity index is 0.00000144. The molecule has 1 heterocycles. The molecule has 1 aromatic heterocycles. The van der Waals surface area contributed by atoms with Crippen LogP contribution in [-0.4, -0.2) is 5.78 Å². The molecule has 0 atom stereocenters. The van der Waals surface area contributed by atoms with Crippen molar-refractivity contribution < 1.29 is 4.79 Å². The lowest BCUT2D eigenvalue weighted by Crippen LogP contribution is -2.04.